The Bertz CT molecular complexity index is 275. The van der Waals surface area contributed by atoms with Crippen molar-refractivity contribution in [2.24, 2.45) is 0 Å². The number of hydrogen-bond acceptors (Lipinski definition) is 3. The standard InChI is InChI=1S/C12H19O3P/c1-4-11(13-2)10-14-16(3)15-12-8-6-5-7-9-12/h5-9,11H,4,10H2,1-3H3/t11-,16?/m0/s1. The first-order valence-electron chi connectivity index (χ1n) is 5.38. The van der Waals surface area contributed by atoms with Gasteiger partial charge >= 0.3 is 0 Å². The summed E-state index contributed by atoms with van der Waals surface area (Å²) in [4.78, 5) is 0. The Morgan fingerprint density at radius 1 is 1.25 bits per heavy atom. The van der Waals surface area contributed by atoms with Crippen molar-refractivity contribution in [1.29, 1.82) is 0 Å². The molecule has 0 fully saturated rings. The monoisotopic (exact) mass is 242 g/mol. The van der Waals surface area contributed by atoms with E-state index in [1.807, 2.05) is 37.0 Å². The predicted molar refractivity (Wildman–Crippen MR) is 67.0 cm³/mol. The van der Waals surface area contributed by atoms with E-state index < -0.39 is 8.38 Å². The van der Waals surface area contributed by atoms with E-state index in [9.17, 15) is 0 Å². The van der Waals surface area contributed by atoms with E-state index in [0.717, 1.165) is 12.2 Å². The molecule has 4 heteroatoms. The quantitative estimate of drug-likeness (QED) is 0.685. The summed E-state index contributed by atoms with van der Waals surface area (Å²) in [6.07, 6.45) is 1.11. The van der Waals surface area contributed by atoms with Crippen molar-refractivity contribution in [3.8, 4) is 5.75 Å². The number of para-hydroxylation sites is 1. The molecule has 0 radical (unpaired) electrons. The van der Waals surface area contributed by atoms with Crippen LogP contribution in [0.3, 0.4) is 0 Å². The van der Waals surface area contributed by atoms with Crippen molar-refractivity contribution in [2.75, 3.05) is 20.4 Å². The van der Waals surface area contributed by atoms with Gasteiger partial charge in [-0.25, -0.2) is 0 Å². The topological polar surface area (TPSA) is 27.7 Å². The first-order valence-corrected chi connectivity index (χ1v) is 7.01. The van der Waals surface area contributed by atoms with Gasteiger partial charge in [0.2, 0.25) is 8.38 Å². The fourth-order valence-electron chi connectivity index (χ4n) is 1.20. The zero-order valence-electron chi connectivity index (χ0n) is 10.1. The van der Waals surface area contributed by atoms with Gasteiger partial charge in [0.15, 0.2) is 0 Å². The van der Waals surface area contributed by atoms with Gasteiger partial charge in [0.25, 0.3) is 0 Å². The van der Waals surface area contributed by atoms with Crippen LogP contribution in [0.2, 0.25) is 0 Å². The Kier molecular flexibility index (Phi) is 6.39. The van der Waals surface area contributed by atoms with Gasteiger partial charge < -0.3 is 13.8 Å². The molecule has 0 saturated heterocycles. The van der Waals surface area contributed by atoms with Gasteiger partial charge in [-0.15, -0.1) is 0 Å². The van der Waals surface area contributed by atoms with Gasteiger partial charge in [-0.2, -0.15) is 0 Å². The minimum atomic E-state index is -0.881. The molecule has 16 heavy (non-hydrogen) atoms. The number of hydrogen-bond donors (Lipinski definition) is 0. The molecular weight excluding hydrogens is 223 g/mol. The molecule has 1 unspecified atom stereocenters. The molecule has 0 spiro atoms. The molecule has 0 aliphatic carbocycles. The minimum absolute atomic E-state index is 0.157. The number of rotatable bonds is 7. The lowest BCUT2D eigenvalue weighted by atomic mass is 10.3. The van der Waals surface area contributed by atoms with Crippen LogP contribution < -0.4 is 4.52 Å². The summed E-state index contributed by atoms with van der Waals surface area (Å²) in [7, 11) is 0.821. The largest absolute Gasteiger partial charge is 0.448 e. The second kappa shape index (κ2) is 7.61. The zero-order chi connectivity index (χ0) is 11.8. The third-order valence-corrected chi connectivity index (χ3v) is 3.19. The molecule has 0 N–H and O–H groups in total. The van der Waals surface area contributed by atoms with Crippen LogP contribution in [0.5, 0.6) is 5.75 Å². The molecule has 1 rings (SSSR count). The average Bonchev–Trinajstić information content (AvgIpc) is 2.31. The van der Waals surface area contributed by atoms with Crippen LogP contribution >= 0.6 is 8.38 Å². The summed E-state index contributed by atoms with van der Waals surface area (Å²) in [6.45, 7) is 4.61. The van der Waals surface area contributed by atoms with Crippen molar-refractivity contribution in [2.45, 2.75) is 19.4 Å². The number of ether oxygens (including phenoxy) is 1. The lowest BCUT2D eigenvalue weighted by Gasteiger charge is -2.17. The molecule has 0 saturated carbocycles. The molecule has 0 bridgehead atoms. The first kappa shape index (κ1) is 13.4. The lowest BCUT2D eigenvalue weighted by molar-refractivity contribution is 0.0570. The summed E-state index contributed by atoms with van der Waals surface area (Å²) < 4.78 is 16.5. The van der Waals surface area contributed by atoms with E-state index >= 15 is 0 Å². The molecule has 3 nitrogen and oxygen atoms in total. The van der Waals surface area contributed by atoms with Gasteiger partial charge in [0.1, 0.15) is 5.75 Å². The Balaban J connectivity index is 2.28. The average molecular weight is 242 g/mol. The van der Waals surface area contributed by atoms with Crippen molar-refractivity contribution < 1.29 is 13.8 Å². The molecule has 0 aliphatic heterocycles. The fraction of sp³-hybridized carbons (Fsp3) is 0.500. The SMILES string of the molecule is CC[C@@H](COP(C)Oc1ccccc1)OC. The Morgan fingerprint density at radius 2 is 1.94 bits per heavy atom. The van der Waals surface area contributed by atoms with Gasteiger partial charge in [-0.3, -0.25) is 0 Å². The van der Waals surface area contributed by atoms with Crippen LogP contribution in [0.4, 0.5) is 0 Å². The van der Waals surface area contributed by atoms with E-state index in [4.69, 9.17) is 13.8 Å². The van der Waals surface area contributed by atoms with Crippen molar-refractivity contribution in [1.82, 2.24) is 0 Å². The van der Waals surface area contributed by atoms with Gasteiger partial charge in [-0.05, 0) is 18.6 Å². The summed E-state index contributed by atoms with van der Waals surface area (Å²) in [5.41, 5.74) is 0. The van der Waals surface area contributed by atoms with Crippen molar-refractivity contribution >= 4 is 8.38 Å². The Morgan fingerprint density at radius 3 is 2.50 bits per heavy atom. The van der Waals surface area contributed by atoms with Crippen molar-refractivity contribution in [3.05, 3.63) is 30.3 Å². The third-order valence-electron chi connectivity index (χ3n) is 2.21. The molecule has 90 valence electrons. The van der Waals surface area contributed by atoms with Crippen molar-refractivity contribution in [3.63, 3.8) is 0 Å². The normalized spacial score (nSPS) is 14.4. The highest BCUT2D eigenvalue weighted by Crippen LogP contribution is 2.35. The van der Waals surface area contributed by atoms with E-state index in [1.54, 1.807) is 7.11 Å². The van der Waals surface area contributed by atoms with Gasteiger partial charge in [-0.1, -0.05) is 25.1 Å². The third kappa shape index (κ3) is 4.93. The molecule has 2 atom stereocenters. The van der Waals surface area contributed by atoms with Crippen LogP contribution in [0.25, 0.3) is 0 Å². The summed E-state index contributed by atoms with van der Waals surface area (Å²) in [5.74, 6) is 0.849. The smallest absolute Gasteiger partial charge is 0.226 e. The highest BCUT2D eigenvalue weighted by atomic mass is 31.2. The van der Waals surface area contributed by atoms with E-state index in [2.05, 4.69) is 6.92 Å². The molecule has 0 aliphatic rings. The highest BCUT2D eigenvalue weighted by molar-refractivity contribution is 7.46. The fourth-order valence-corrected chi connectivity index (χ4v) is 2.04. The second-order valence-corrected chi connectivity index (χ2v) is 4.73. The maximum Gasteiger partial charge on any atom is 0.226 e. The summed E-state index contributed by atoms with van der Waals surface area (Å²) in [5, 5.41) is 0. The summed E-state index contributed by atoms with van der Waals surface area (Å²) >= 11 is 0. The van der Waals surface area contributed by atoms with E-state index in [1.165, 1.54) is 0 Å². The molecule has 0 aromatic heterocycles. The lowest BCUT2D eigenvalue weighted by Crippen LogP contribution is -2.15. The summed E-state index contributed by atoms with van der Waals surface area (Å²) in [6, 6.07) is 9.71. The minimum Gasteiger partial charge on any atom is -0.448 e. The highest BCUT2D eigenvalue weighted by Gasteiger charge is 2.10. The molecular formula is C12H19O3P. The van der Waals surface area contributed by atoms with Crippen LogP contribution in [0, 0.1) is 0 Å². The van der Waals surface area contributed by atoms with Crippen LogP contribution in [-0.2, 0) is 9.26 Å². The Hall–Kier alpha value is -0.630. The van der Waals surface area contributed by atoms with Crippen LogP contribution in [0.15, 0.2) is 30.3 Å². The molecule has 1 aromatic rings. The maximum absolute atomic E-state index is 5.64. The zero-order valence-corrected chi connectivity index (χ0v) is 10.9. The van der Waals surface area contributed by atoms with E-state index in [0.29, 0.717) is 6.61 Å². The Labute approximate surface area is 98.6 Å². The maximum atomic E-state index is 5.64. The predicted octanol–water partition coefficient (Wildman–Crippen LogP) is 3.45. The number of benzene rings is 1. The number of methoxy groups -OCH3 is 1. The molecule has 0 heterocycles. The van der Waals surface area contributed by atoms with E-state index in [-0.39, 0.29) is 6.10 Å². The van der Waals surface area contributed by atoms with Crippen LogP contribution in [0.1, 0.15) is 13.3 Å². The molecule has 1 aromatic carbocycles. The first-order chi connectivity index (χ1) is 7.76. The molecule has 0 amide bonds. The van der Waals surface area contributed by atoms with Gasteiger partial charge in [0, 0.05) is 13.8 Å². The van der Waals surface area contributed by atoms with Gasteiger partial charge in [0.05, 0.1) is 12.7 Å². The second-order valence-electron chi connectivity index (χ2n) is 3.41. The van der Waals surface area contributed by atoms with Crippen LogP contribution in [-0.4, -0.2) is 26.5 Å².